The summed E-state index contributed by atoms with van der Waals surface area (Å²) in [6, 6.07) is 12.2. The Labute approximate surface area is 226 Å². The zero-order chi connectivity index (χ0) is 27.6. The molecule has 1 heterocycles. The van der Waals surface area contributed by atoms with Gasteiger partial charge in [-0.15, -0.1) is 0 Å². The van der Waals surface area contributed by atoms with Gasteiger partial charge in [-0.2, -0.15) is 0 Å². The lowest BCUT2D eigenvalue weighted by Crippen LogP contribution is -2.40. The van der Waals surface area contributed by atoms with E-state index >= 15 is 0 Å². The highest BCUT2D eigenvalue weighted by Gasteiger charge is 2.56. The number of ether oxygens (including phenoxy) is 1. The van der Waals surface area contributed by atoms with Gasteiger partial charge in [0.1, 0.15) is 11.5 Å². The number of carbonyl (C=O) groups is 4. The number of aromatic hydroxyl groups is 1. The normalized spacial score (nSPS) is 26.2. The van der Waals surface area contributed by atoms with Crippen molar-refractivity contribution in [2.45, 2.75) is 39.0 Å². The monoisotopic (exact) mass is 523 g/mol. The predicted octanol–water partition coefficient (Wildman–Crippen LogP) is 4.60. The topological polar surface area (TPSA) is 101 Å². The summed E-state index contributed by atoms with van der Waals surface area (Å²) in [7, 11) is 1.49. The summed E-state index contributed by atoms with van der Waals surface area (Å²) < 4.78 is 5.60. The van der Waals surface area contributed by atoms with E-state index in [0.29, 0.717) is 40.1 Å². The van der Waals surface area contributed by atoms with Crippen LogP contribution in [0.1, 0.15) is 43.7 Å². The summed E-state index contributed by atoms with van der Waals surface area (Å²) in [5, 5.41) is 10.1. The van der Waals surface area contributed by atoms with E-state index in [1.807, 2.05) is 37.3 Å². The average Bonchev–Trinajstić information content (AvgIpc) is 3.20. The van der Waals surface area contributed by atoms with E-state index in [-0.39, 0.29) is 35.6 Å². The van der Waals surface area contributed by atoms with E-state index in [1.54, 1.807) is 13.0 Å². The Balaban J connectivity index is 1.48. The number of amides is 2. The molecule has 4 atom stereocenters. The third-order valence-corrected chi connectivity index (χ3v) is 8.70. The van der Waals surface area contributed by atoms with Gasteiger partial charge in [-0.25, -0.2) is 0 Å². The summed E-state index contributed by atoms with van der Waals surface area (Å²) in [5.74, 6) is -2.79. The highest BCUT2D eigenvalue weighted by Crippen LogP contribution is 2.56. The number of phenols is 1. The van der Waals surface area contributed by atoms with Crippen LogP contribution < -0.4 is 9.64 Å². The fourth-order valence-electron chi connectivity index (χ4n) is 6.79. The van der Waals surface area contributed by atoms with Crippen molar-refractivity contribution in [3.8, 4) is 11.5 Å². The smallest absolute Gasteiger partial charge is 0.238 e. The lowest BCUT2D eigenvalue weighted by Gasteiger charge is -2.42. The van der Waals surface area contributed by atoms with Crippen LogP contribution in [-0.2, 0) is 25.6 Å². The Hall–Kier alpha value is -4.26. The molecule has 0 radical (unpaired) electrons. The summed E-state index contributed by atoms with van der Waals surface area (Å²) >= 11 is 0. The minimum atomic E-state index is -0.641. The van der Waals surface area contributed by atoms with Gasteiger partial charge in [-0.3, -0.25) is 24.1 Å². The van der Waals surface area contributed by atoms with Gasteiger partial charge in [0, 0.05) is 34.3 Å². The van der Waals surface area contributed by atoms with E-state index in [0.717, 1.165) is 17.6 Å². The minimum absolute atomic E-state index is 0.0123. The molecule has 6 rings (SSSR count). The molecule has 1 N–H and O–H groups in total. The third kappa shape index (κ3) is 3.71. The molecule has 2 aromatic carbocycles. The molecular formula is C32H29NO6. The van der Waals surface area contributed by atoms with Crippen molar-refractivity contribution in [2.75, 3.05) is 12.0 Å². The van der Waals surface area contributed by atoms with Crippen LogP contribution in [0.3, 0.4) is 0 Å². The molecule has 1 saturated heterocycles. The van der Waals surface area contributed by atoms with Gasteiger partial charge in [0.25, 0.3) is 0 Å². The van der Waals surface area contributed by atoms with Crippen molar-refractivity contribution in [3.63, 3.8) is 0 Å². The molecule has 7 heteroatoms. The van der Waals surface area contributed by atoms with Crippen molar-refractivity contribution >= 4 is 29.1 Å². The SMILES string of the molecule is CCc1ccc(N2C(=O)[C@H]3[C@H](CC=C4[C@H](c5ccc(O)cc5OC)C5=C(C[C@H]43)C(=O)C=C(C)C5=O)C2=O)cc1. The number of rotatable bonds is 4. The second-order valence-electron chi connectivity index (χ2n) is 10.7. The van der Waals surface area contributed by atoms with Crippen LogP contribution >= 0.6 is 0 Å². The average molecular weight is 524 g/mol. The quantitative estimate of drug-likeness (QED) is 0.357. The number of hydrogen-bond acceptors (Lipinski definition) is 6. The zero-order valence-electron chi connectivity index (χ0n) is 22.1. The van der Waals surface area contributed by atoms with Crippen LogP contribution in [0.15, 0.2) is 76.9 Å². The second kappa shape index (κ2) is 9.19. The molecule has 7 nitrogen and oxygen atoms in total. The number of aryl methyl sites for hydroxylation is 1. The number of nitrogens with zero attached hydrogens (tertiary/aromatic N) is 1. The van der Waals surface area contributed by atoms with Crippen LogP contribution in [0.2, 0.25) is 0 Å². The second-order valence-corrected chi connectivity index (χ2v) is 10.7. The van der Waals surface area contributed by atoms with E-state index in [1.165, 1.54) is 30.2 Å². The number of anilines is 1. The number of carbonyl (C=O) groups excluding carboxylic acids is 4. The standard InChI is InChI=1S/C32H29NO6/c1-4-17-5-7-18(8-6-17)33-31(37)22-12-11-20-23(28(22)32(33)38)15-24-25(35)13-16(2)30(36)29(24)27(20)21-10-9-19(34)14-26(21)39-3/h5-11,13-14,22-23,27-28,34H,4,12,15H2,1-3H3/t22-,23+,27+,28-/m0/s1. The van der Waals surface area contributed by atoms with Gasteiger partial charge >= 0.3 is 0 Å². The van der Waals surface area contributed by atoms with Crippen molar-refractivity contribution in [2.24, 2.45) is 17.8 Å². The van der Waals surface area contributed by atoms with Crippen molar-refractivity contribution < 1.29 is 29.0 Å². The van der Waals surface area contributed by atoms with Crippen molar-refractivity contribution in [1.82, 2.24) is 0 Å². The van der Waals surface area contributed by atoms with Gasteiger partial charge < -0.3 is 9.84 Å². The van der Waals surface area contributed by atoms with Gasteiger partial charge in [0.05, 0.1) is 24.6 Å². The first-order valence-corrected chi connectivity index (χ1v) is 13.3. The first-order chi connectivity index (χ1) is 18.7. The van der Waals surface area contributed by atoms with Crippen LogP contribution in [0, 0.1) is 17.8 Å². The van der Waals surface area contributed by atoms with E-state index < -0.39 is 23.7 Å². The number of imide groups is 1. The minimum Gasteiger partial charge on any atom is -0.508 e. The molecule has 0 unspecified atom stereocenters. The third-order valence-electron chi connectivity index (χ3n) is 8.70. The molecule has 0 spiro atoms. The molecule has 0 aromatic heterocycles. The zero-order valence-corrected chi connectivity index (χ0v) is 22.1. The summed E-state index contributed by atoms with van der Waals surface area (Å²) in [6.45, 7) is 3.68. The van der Waals surface area contributed by atoms with E-state index in [2.05, 4.69) is 0 Å². The highest BCUT2D eigenvalue weighted by molar-refractivity contribution is 6.25. The number of allylic oxidation sites excluding steroid dienone is 6. The molecule has 39 heavy (non-hydrogen) atoms. The van der Waals surface area contributed by atoms with Gasteiger partial charge in [0.15, 0.2) is 11.6 Å². The molecule has 1 aliphatic heterocycles. The Morgan fingerprint density at radius 2 is 1.74 bits per heavy atom. The van der Waals surface area contributed by atoms with Gasteiger partial charge in [0.2, 0.25) is 11.8 Å². The fraction of sp³-hybridized carbons (Fsp3) is 0.312. The summed E-state index contributed by atoms with van der Waals surface area (Å²) in [6.07, 6.45) is 4.77. The number of hydrogen-bond donors (Lipinski definition) is 1. The summed E-state index contributed by atoms with van der Waals surface area (Å²) in [4.78, 5) is 55.7. The highest BCUT2D eigenvalue weighted by atomic mass is 16.5. The number of phenolic OH excluding ortho intramolecular Hbond substituents is 1. The largest absolute Gasteiger partial charge is 0.508 e. The fourth-order valence-corrected chi connectivity index (χ4v) is 6.79. The predicted molar refractivity (Wildman–Crippen MR) is 144 cm³/mol. The van der Waals surface area contributed by atoms with Crippen LogP contribution in [0.25, 0.3) is 0 Å². The van der Waals surface area contributed by atoms with Crippen LogP contribution in [0.4, 0.5) is 5.69 Å². The molecule has 1 fully saturated rings. The Morgan fingerprint density at radius 3 is 2.44 bits per heavy atom. The van der Waals surface area contributed by atoms with Gasteiger partial charge in [-0.05, 0) is 61.9 Å². The van der Waals surface area contributed by atoms with Crippen molar-refractivity contribution in [1.29, 1.82) is 0 Å². The van der Waals surface area contributed by atoms with E-state index in [4.69, 9.17) is 4.74 Å². The van der Waals surface area contributed by atoms with Crippen molar-refractivity contribution in [3.05, 3.63) is 88.0 Å². The number of ketones is 2. The molecule has 198 valence electrons. The lowest BCUT2D eigenvalue weighted by molar-refractivity contribution is -0.123. The first kappa shape index (κ1) is 25.0. The first-order valence-electron chi connectivity index (χ1n) is 13.3. The lowest BCUT2D eigenvalue weighted by atomic mass is 9.59. The molecular weight excluding hydrogens is 494 g/mol. The Bertz CT molecular complexity index is 1540. The summed E-state index contributed by atoms with van der Waals surface area (Å²) in [5.41, 5.74) is 4.29. The molecule has 4 aliphatic rings. The number of fused-ring (bicyclic) bond motifs is 3. The van der Waals surface area contributed by atoms with E-state index in [9.17, 15) is 24.3 Å². The number of methoxy groups -OCH3 is 1. The molecule has 2 aromatic rings. The molecule has 0 saturated carbocycles. The van der Waals surface area contributed by atoms with Crippen LogP contribution in [0.5, 0.6) is 11.5 Å². The van der Waals surface area contributed by atoms with Gasteiger partial charge in [-0.1, -0.05) is 36.8 Å². The maximum Gasteiger partial charge on any atom is 0.238 e. The van der Waals surface area contributed by atoms with Crippen LogP contribution in [-0.4, -0.2) is 35.6 Å². The number of Topliss-reactive ketones (excluding diaryl/α,β-unsaturated/α-hetero) is 1. The maximum atomic E-state index is 14.0. The Morgan fingerprint density at radius 1 is 1.00 bits per heavy atom. The Kier molecular flexibility index (Phi) is 5.90. The molecule has 2 amide bonds. The number of benzene rings is 2. The molecule has 3 aliphatic carbocycles. The molecule has 0 bridgehead atoms. The maximum absolute atomic E-state index is 14.0.